The minimum Gasteiger partial charge on any atom is -0.339 e. The van der Waals surface area contributed by atoms with E-state index in [9.17, 15) is 4.79 Å². The lowest BCUT2D eigenvalue weighted by Gasteiger charge is -2.20. The summed E-state index contributed by atoms with van der Waals surface area (Å²) >= 11 is 3.49. The Morgan fingerprint density at radius 2 is 2.11 bits per heavy atom. The Morgan fingerprint density at radius 1 is 1.33 bits per heavy atom. The van der Waals surface area contributed by atoms with Crippen LogP contribution in [-0.4, -0.2) is 23.9 Å². The first-order valence-electron chi connectivity index (χ1n) is 6.63. The molecule has 1 aromatic rings. The van der Waals surface area contributed by atoms with Crippen molar-refractivity contribution < 1.29 is 4.79 Å². The zero-order valence-electron chi connectivity index (χ0n) is 11.1. The summed E-state index contributed by atoms with van der Waals surface area (Å²) < 4.78 is 1.01. The first-order chi connectivity index (χ1) is 8.58. The van der Waals surface area contributed by atoms with Crippen molar-refractivity contribution in [2.75, 3.05) is 13.1 Å². The number of likely N-dealkylation sites (tertiary alicyclic amines) is 1. The van der Waals surface area contributed by atoms with Gasteiger partial charge in [-0.15, -0.1) is 0 Å². The molecule has 0 saturated carbocycles. The summed E-state index contributed by atoms with van der Waals surface area (Å²) in [5.41, 5.74) is 1.96. The largest absolute Gasteiger partial charge is 0.339 e. The van der Waals surface area contributed by atoms with E-state index >= 15 is 0 Å². The predicted molar refractivity (Wildman–Crippen MR) is 77.8 cm³/mol. The molecule has 1 atom stereocenters. The van der Waals surface area contributed by atoms with Crippen LogP contribution in [-0.2, 0) is 0 Å². The van der Waals surface area contributed by atoms with E-state index < -0.39 is 0 Å². The number of halogens is 1. The van der Waals surface area contributed by atoms with Crippen molar-refractivity contribution >= 4 is 21.8 Å². The fourth-order valence-electron chi connectivity index (χ4n) is 2.37. The van der Waals surface area contributed by atoms with Crippen LogP contribution in [0.5, 0.6) is 0 Å². The van der Waals surface area contributed by atoms with Gasteiger partial charge in [0.05, 0.1) is 0 Å². The Morgan fingerprint density at radius 3 is 2.83 bits per heavy atom. The molecule has 1 aliphatic heterocycles. The van der Waals surface area contributed by atoms with E-state index in [4.69, 9.17) is 0 Å². The minimum absolute atomic E-state index is 0.171. The molecule has 2 rings (SSSR count). The molecule has 0 radical (unpaired) electrons. The van der Waals surface area contributed by atoms with E-state index in [1.807, 2.05) is 30.0 Å². The van der Waals surface area contributed by atoms with Gasteiger partial charge in [0.2, 0.25) is 0 Å². The zero-order valence-corrected chi connectivity index (χ0v) is 12.7. The first kappa shape index (κ1) is 13.6. The fourth-order valence-corrected chi connectivity index (χ4v) is 2.75. The van der Waals surface area contributed by atoms with Gasteiger partial charge < -0.3 is 4.90 Å². The van der Waals surface area contributed by atoms with E-state index in [2.05, 4.69) is 22.9 Å². The number of hydrogen-bond acceptors (Lipinski definition) is 1. The van der Waals surface area contributed by atoms with Gasteiger partial charge in [-0.25, -0.2) is 0 Å². The van der Waals surface area contributed by atoms with E-state index in [-0.39, 0.29) is 5.91 Å². The second-order valence-electron chi connectivity index (χ2n) is 5.29. The van der Waals surface area contributed by atoms with Crippen molar-refractivity contribution in [2.24, 2.45) is 5.92 Å². The van der Waals surface area contributed by atoms with Crippen LogP contribution < -0.4 is 0 Å². The lowest BCUT2D eigenvalue weighted by atomic mass is 10.0. The van der Waals surface area contributed by atoms with Crippen molar-refractivity contribution in [1.29, 1.82) is 0 Å². The van der Waals surface area contributed by atoms with Gasteiger partial charge >= 0.3 is 0 Å². The summed E-state index contributed by atoms with van der Waals surface area (Å²) in [6, 6.07) is 5.86. The van der Waals surface area contributed by atoms with Crippen molar-refractivity contribution in [2.45, 2.75) is 33.1 Å². The Bertz CT molecular complexity index is 444. The molecule has 1 amide bonds. The van der Waals surface area contributed by atoms with Gasteiger partial charge in [0, 0.05) is 23.1 Å². The van der Waals surface area contributed by atoms with Crippen LogP contribution in [0.4, 0.5) is 0 Å². The van der Waals surface area contributed by atoms with E-state index in [1.54, 1.807) is 0 Å². The third kappa shape index (κ3) is 3.14. The first-order valence-corrected chi connectivity index (χ1v) is 7.42. The Kier molecular flexibility index (Phi) is 4.44. The van der Waals surface area contributed by atoms with Crippen LogP contribution in [0.15, 0.2) is 22.7 Å². The van der Waals surface area contributed by atoms with Crippen LogP contribution in [0, 0.1) is 12.8 Å². The Hall–Kier alpha value is -0.830. The molecule has 0 N–H and O–H groups in total. The maximum Gasteiger partial charge on any atom is 0.253 e. The molecular weight excluding hydrogens is 290 g/mol. The second kappa shape index (κ2) is 5.87. The quantitative estimate of drug-likeness (QED) is 0.767. The van der Waals surface area contributed by atoms with E-state index in [0.29, 0.717) is 0 Å². The van der Waals surface area contributed by atoms with Crippen LogP contribution in [0.25, 0.3) is 0 Å². The SMILES string of the molecule is Cc1ccc(C(=O)N2CCCC(C)CC2)cc1Br. The number of nitrogens with zero attached hydrogens (tertiary/aromatic N) is 1. The third-order valence-electron chi connectivity index (χ3n) is 3.72. The maximum absolute atomic E-state index is 12.4. The van der Waals surface area contributed by atoms with Gasteiger partial charge in [-0.1, -0.05) is 28.9 Å². The van der Waals surface area contributed by atoms with Gasteiger partial charge in [-0.3, -0.25) is 4.79 Å². The summed E-state index contributed by atoms with van der Waals surface area (Å²) in [6.07, 6.45) is 3.49. The second-order valence-corrected chi connectivity index (χ2v) is 6.15. The summed E-state index contributed by atoms with van der Waals surface area (Å²) in [4.78, 5) is 14.4. The predicted octanol–water partition coefficient (Wildman–Crippen LogP) is 4.02. The molecule has 1 aromatic carbocycles. The smallest absolute Gasteiger partial charge is 0.253 e. The van der Waals surface area contributed by atoms with Crippen LogP contribution >= 0.6 is 15.9 Å². The minimum atomic E-state index is 0.171. The molecule has 1 heterocycles. The van der Waals surface area contributed by atoms with Crippen LogP contribution in [0.2, 0.25) is 0 Å². The number of amides is 1. The number of carbonyl (C=O) groups excluding carboxylic acids is 1. The molecule has 1 saturated heterocycles. The maximum atomic E-state index is 12.4. The highest BCUT2D eigenvalue weighted by Gasteiger charge is 2.19. The molecule has 1 fully saturated rings. The number of carbonyl (C=O) groups is 1. The van der Waals surface area contributed by atoms with Gasteiger partial charge in [0.1, 0.15) is 0 Å². The summed E-state index contributed by atoms with van der Waals surface area (Å²) in [5.74, 6) is 0.914. The van der Waals surface area contributed by atoms with Crippen molar-refractivity contribution in [3.63, 3.8) is 0 Å². The molecular formula is C15H20BrNO. The molecule has 0 aliphatic carbocycles. The monoisotopic (exact) mass is 309 g/mol. The average molecular weight is 310 g/mol. The highest BCUT2D eigenvalue weighted by molar-refractivity contribution is 9.10. The molecule has 0 aromatic heterocycles. The molecule has 98 valence electrons. The number of benzene rings is 1. The lowest BCUT2D eigenvalue weighted by Crippen LogP contribution is -2.32. The summed E-state index contributed by atoms with van der Waals surface area (Å²) in [5, 5.41) is 0. The van der Waals surface area contributed by atoms with E-state index in [1.165, 1.54) is 6.42 Å². The van der Waals surface area contributed by atoms with Crippen LogP contribution in [0.1, 0.15) is 42.1 Å². The topological polar surface area (TPSA) is 20.3 Å². The van der Waals surface area contributed by atoms with Gasteiger partial charge in [0.25, 0.3) is 5.91 Å². The fraction of sp³-hybridized carbons (Fsp3) is 0.533. The Labute approximate surface area is 117 Å². The molecule has 18 heavy (non-hydrogen) atoms. The summed E-state index contributed by atoms with van der Waals surface area (Å²) in [7, 11) is 0. The summed E-state index contributed by atoms with van der Waals surface area (Å²) in [6.45, 7) is 6.10. The lowest BCUT2D eigenvalue weighted by molar-refractivity contribution is 0.0760. The highest BCUT2D eigenvalue weighted by atomic mass is 79.9. The number of hydrogen-bond donors (Lipinski definition) is 0. The Balaban J connectivity index is 2.12. The molecule has 0 spiro atoms. The zero-order chi connectivity index (χ0) is 13.1. The van der Waals surface area contributed by atoms with Crippen molar-refractivity contribution in [3.05, 3.63) is 33.8 Å². The van der Waals surface area contributed by atoms with Gasteiger partial charge in [0.15, 0.2) is 0 Å². The molecule has 1 aliphatic rings. The van der Waals surface area contributed by atoms with Crippen LogP contribution in [0.3, 0.4) is 0 Å². The standard InChI is InChI=1S/C15H20BrNO/c1-11-4-3-8-17(9-7-11)15(18)13-6-5-12(2)14(16)10-13/h5-6,10-11H,3-4,7-9H2,1-2H3. The molecule has 0 bridgehead atoms. The normalized spacial score (nSPS) is 20.6. The van der Waals surface area contributed by atoms with Gasteiger partial charge in [-0.2, -0.15) is 0 Å². The molecule has 1 unspecified atom stereocenters. The highest BCUT2D eigenvalue weighted by Crippen LogP contribution is 2.21. The number of aryl methyl sites for hydroxylation is 1. The number of rotatable bonds is 1. The van der Waals surface area contributed by atoms with Gasteiger partial charge in [-0.05, 0) is 49.8 Å². The average Bonchev–Trinajstić information content (AvgIpc) is 2.57. The molecule has 3 heteroatoms. The van der Waals surface area contributed by atoms with E-state index in [0.717, 1.165) is 47.4 Å². The molecule has 2 nitrogen and oxygen atoms in total. The van der Waals surface area contributed by atoms with Crippen molar-refractivity contribution in [1.82, 2.24) is 4.90 Å². The third-order valence-corrected chi connectivity index (χ3v) is 4.58. The van der Waals surface area contributed by atoms with Crippen molar-refractivity contribution in [3.8, 4) is 0 Å².